The zero-order valence-electron chi connectivity index (χ0n) is 10.5. The predicted octanol–water partition coefficient (Wildman–Crippen LogP) is 1.71. The van der Waals surface area contributed by atoms with Gasteiger partial charge in [-0.2, -0.15) is 11.8 Å². The minimum absolute atomic E-state index is 0.257. The molecule has 98 valence electrons. The van der Waals surface area contributed by atoms with Crippen LogP contribution in [-0.2, 0) is 9.53 Å². The number of benzene rings is 1. The molecule has 0 bridgehead atoms. The van der Waals surface area contributed by atoms with Crippen molar-refractivity contribution < 1.29 is 14.3 Å². The van der Waals surface area contributed by atoms with Gasteiger partial charge in [-0.05, 0) is 30.6 Å². The summed E-state index contributed by atoms with van der Waals surface area (Å²) in [6, 6.07) is 8.22. The van der Waals surface area contributed by atoms with Crippen LogP contribution in [0.25, 0.3) is 0 Å². The third-order valence-electron chi connectivity index (χ3n) is 2.44. The predicted molar refractivity (Wildman–Crippen MR) is 72.7 cm³/mol. The summed E-state index contributed by atoms with van der Waals surface area (Å²) in [7, 11) is 1.32. The van der Waals surface area contributed by atoms with Crippen LogP contribution in [0, 0.1) is 0 Å². The fourth-order valence-corrected chi connectivity index (χ4v) is 1.93. The van der Waals surface area contributed by atoms with Gasteiger partial charge < -0.3 is 10.1 Å². The summed E-state index contributed by atoms with van der Waals surface area (Å²) < 4.78 is 4.68. The lowest BCUT2D eigenvalue weighted by molar-refractivity contribution is -0.142. The van der Waals surface area contributed by atoms with E-state index in [4.69, 9.17) is 0 Å². The highest BCUT2D eigenvalue weighted by Gasteiger charge is 2.21. The number of thioether (sulfide) groups is 1. The summed E-state index contributed by atoms with van der Waals surface area (Å²) in [4.78, 5) is 23.5. The molecule has 18 heavy (non-hydrogen) atoms. The largest absolute Gasteiger partial charge is 0.467 e. The van der Waals surface area contributed by atoms with E-state index in [9.17, 15) is 9.59 Å². The molecule has 1 rings (SSSR count). The zero-order valence-corrected chi connectivity index (χ0v) is 11.3. The molecule has 1 aromatic rings. The Morgan fingerprint density at radius 3 is 2.56 bits per heavy atom. The van der Waals surface area contributed by atoms with Crippen LogP contribution in [0.4, 0.5) is 0 Å². The number of methoxy groups -OCH3 is 1. The highest BCUT2D eigenvalue weighted by molar-refractivity contribution is 7.98. The van der Waals surface area contributed by atoms with Gasteiger partial charge in [-0.25, -0.2) is 4.79 Å². The van der Waals surface area contributed by atoms with Crippen LogP contribution in [-0.4, -0.2) is 37.0 Å². The Balaban J connectivity index is 2.65. The lowest BCUT2D eigenvalue weighted by Gasteiger charge is -2.15. The molecule has 4 nitrogen and oxygen atoms in total. The normalized spacial score (nSPS) is 11.7. The molecule has 0 aliphatic heterocycles. The maximum Gasteiger partial charge on any atom is 0.328 e. The van der Waals surface area contributed by atoms with E-state index in [0.29, 0.717) is 12.0 Å². The number of carbonyl (C=O) groups excluding carboxylic acids is 2. The van der Waals surface area contributed by atoms with Gasteiger partial charge in [-0.1, -0.05) is 18.2 Å². The highest BCUT2D eigenvalue weighted by atomic mass is 32.2. The summed E-state index contributed by atoms with van der Waals surface area (Å²) >= 11 is 1.62. The quantitative estimate of drug-likeness (QED) is 0.797. The number of ether oxygens (including phenoxy) is 1. The van der Waals surface area contributed by atoms with Crippen molar-refractivity contribution in [1.82, 2.24) is 5.32 Å². The summed E-state index contributed by atoms with van der Waals surface area (Å²) in [6.07, 6.45) is 2.51. The van der Waals surface area contributed by atoms with E-state index in [1.165, 1.54) is 7.11 Å². The number of hydrogen-bond donors (Lipinski definition) is 1. The molecule has 0 saturated carbocycles. The first-order valence-electron chi connectivity index (χ1n) is 5.61. The topological polar surface area (TPSA) is 55.4 Å². The molecule has 0 spiro atoms. The molecule has 1 amide bonds. The fraction of sp³-hybridized carbons (Fsp3) is 0.385. The van der Waals surface area contributed by atoms with E-state index in [1.807, 2.05) is 12.3 Å². The van der Waals surface area contributed by atoms with Crippen LogP contribution in [0.15, 0.2) is 30.3 Å². The summed E-state index contributed by atoms with van der Waals surface area (Å²) in [6.45, 7) is 0. The Morgan fingerprint density at radius 1 is 1.33 bits per heavy atom. The van der Waals surface area contributed by atoms with Crippen LogP contribution in [0.1, 0.15) is 16.8 Å². The van der Waals surface area contributed by atoms with Gasteiger partial charge in [0, 0.05) is 5.56 Å². The van der Waals surface area contributed by atoms with Crippen molar-refractivity contribution in [1.29, 1.82) is 0 Å². The Hall–Kier alpha value is -1.49. The average molecular weight is 267 g/mol. The van der Waals surface area contributed by atoms with Crippen molar-refractivity contribution in [2.24, 2.45) is 0 Å². The van der Waals surface area contributed by atoms with Gasteiger partial charge in [0.05, 0.1) is 7.11 Å². The molecule has 0 radical (unpaired) electrons. The third kappa shape index (κ3) is 4.41. The fourth-order valence-electron chi connectivity index (χ4n) is 1.46. The molecule has 1 aromatic carbocycles. The molecular formula is C13H17NO3S. The Morgan fingerprint density at radius 2 is 2.00 bits per heavy atom. The van der Waals surface area contributed by atoms with Gasteiger partial charge in [0.1, 0.15) is 6.04 Å². The number of esters is 1. The average Bonchev–Trinajstić information content (AvgIpc) is 2.43. The highest BCUT2D eigenvalue weighted by Crippen LogP contribution is 2.05. The van der Waals surface area contributed by atoms with E-state index in [2.05, 4.69) is 10.1 Å². The third-order valence-corrected chi connectivity index (χ3v) is 3.08. The monoisotopic (exact) mass is 267 g/mol. The van der Waals surface area contributed by atoms with E-state index in [0.717, 1.165) is 5.75 Å². The minimum Gasteiger partial charge on any atom is -0.467 e. The zero-order chi connectivity index (χ0) is 13.4. The molecule has 0 unspecified atom stereocenters. The smallest absolute Gasteiger partial charge is 0.328 e. The number of nitrogens with one attached hydrogen (secondary N) is 1. The van der Waals surface area contributed by atoms with Gasteiger partial charge in [0.2, 0.25) is 0 Å². The van der Waals surface area contributed by atoms with Gasteiger partial charge >= 0.3 is 5.97 Å². The Kier molecular flexibility index (Phi) is 6.28. The summed E-state index contributed by atoms with van der Waals surface area (Å²) in [5.41, 5.74) is 0.538. The number of hydrogen-bond acceptors (Lipinski definition) is 4. The molecule has 0 heterocycles. The molecule has 5 heteroatoms. The van der Waals surface area contributed by atoms with Crippen LogP contribution < -0.4 is 5.32 Å². The molecular weight excluding hydrogens is 250 g/mol. The SMILES string of the molecule is COC(=O)[C@@H](CCSC)NC(=O)c1ccccc1. The first-order chi connectivity index (χ1) is 8.69. The second-order valence-corrected chi connectivity index (χ2v) is 4.68. The van der Waals surface area contributed by atoms with Crippen LogP contribution in [0.2, 0.25) is 0 Å². The van der Waals surface area contributed by atoms with Crippen LogP contribution >= 0.6 is 11.8 Å². The van der Waals surface area contributed by atoms with E-state index < -0.39 is 12.0 Å². The van der Waals surface area contributed by atoms with Crippen molar-refractivity contribution in [2.45, 2.75) is 12.5 Å². The summed E-state index contributed by atoms with van der Waals surface area (Å²) in [5, 5.41) is 2.69. The number of carbonyl (C=O) groups is 2. The molecule has 0 aliphatic carbocycles. The number of rotatable bonds is 6. The van der Waals surface area contributed by atoms with Crippen molar-refractivity contribution in [2.75, 3.05) is 19.1 Å². The molecule has 1 atom stereocenters. The van der Waals surface area contributed by atoms with Crippen molar-refractivity contribution in [3.63, 3.8) is 0 Å². The maximum atomic E-state index is 11.9. The molecule has 0 aliphatic rings. The maximum absolute atomic E-state index is 11.9. The minimum atomic E-state index is -0.588. The second-order valence-electron chi connectivity index (χ2n) is 3.70. The van der Waals surface area contributed by atoms with Crippen molar-refractivity contribution in [3.05, 3.63) is 35.9 Å². The van der Waals surface area contributed by atoms with Gasteiger partial charge in [-0.15, -0.1) is 0 Å². The van der Waals surface area contributed by atoms with Crippen molar-refractivity contribution >= 4 is 23.6 Å². The van der Waals surface area contributed by atoms with Crippen LogP contribution in [0.5, 0.6) is 0 Å². The lowest BCUT2D eigenvalue weighted by atomic mass is 10.1. The molecule has 0 fully saturated rings. The van der Waals surface area contributed by atoms with Crippen LogP contribution in [0.3, 0.4) is 0 Å². The Bertz CT molecular complexity index is 394. The van der Waals surface area contributed by atoms with Gasteiger partial charge in [0.25, 0.3) is 5.91 Å². The first kappa shape index (κ1) is 14.6. The lowest BCUT2D eigenvalue weighted by Crippen LogP contribution is -2.41. The summed E-state index contributed by atoms with van der Waals surface area (Å²) in [5.74, 6) is 0.120. The van der Waals surface area contributed by atoms with Gasteiger partial charge in [0.15, 0.2) is 0 Å². The molecule has 0 saturated heterocycles. The Labute approximate surface area is 111 Å². The molecule has 1 N–H and O–H groups in total. The van der Waals surface area contributed by atoms with Crippen molar-refractivity contribution in [3.8, 4) is 0 Å². The van der Waals surface area contributed by atoms with E-state index in [1.54, 1.807) is 36.0 Å². The van der Waals surface area contributed by atoms with E-state index >= 15 is 0 Å². The van der Waals surface area contributed by atoms with E-state index in [-0.39, 0.29) is 5.91 Å². The van der Waals surface area contributed by atoms with Gasteiger partial charge in [-0.3, -0.25) is 4.79 Å². The molecule has 0 aromatic heterocycles. The second kappa shape index (κ2) is 7.76. The number of amides is 1. The standard InChI is InChI=1S/C13H17NO3S/c1-17-13(16)11(8-9-18-2)14-12(15)10-6-4-3-5-7-10/h3-7,11H,8-9H2,1-2H3,(H,14,15)/t11-/m1/s1. The first-order valence-corrected chi connectivity index (χ1v) is 7.01.